The fourth-order valence-corrected chi connectivity index (χ4v) is 1.09. The molecule has 0 amide bonds. The van der Waals surface area contributed by atoms with Crippen LogP contribution in [-0.4, -0.2) is 17.5 Å². The van der Waals surface area contributed by atoms with Crippen LogP contribution in [0.2, 0.25) is 0 Å². The first-order valence-corrected chi connectivity index (χ1v) is 3.61. The summed E-state index contributed by atoms with van der Waals surface area (Å²) in [5.74, 6) is 0.0432. The smallest absolute Gasteiger partial charge is 0.176 e. The van der Waals surface area contributed by atoms with Gasteiger partial charge in [-0.3, -0.25) is 15.1 Å². The third kappa shape index (κ3) is 1.65. The lowest BCUT2D eigenvalue weighted by Crippen LogP contribution is -1.99. The summed E-state index contributed by atoms with van der Waals surface area (Å²) in [6, 6.07) is 1.74. The Hall–Kier alpha value is -1.29. The van der Waals surface area contributed by atoms with Gasteiger partial charge in [0.1, 0.15) is 0 Å². The van der Waals surface area contributed by atoms with Crippen LogP contribution in [0.25, 0.3) is 0 Å². The quantitative estimate of drug-likeness (QED) is 0.544. The minimum Gasteiger partial charge on any atom is -0.346 e. The van der Waals surface area contributed by atoms with Gasteiger partial charge in [-0.25, -0.2) is 0 Å². The lowest BCUT2D eigenvalue weighted by atomic mass is 10.3. The fraction of sp³-hybridized carbons (Fsp3) is 0.375. The summed E-state index contributed by atoms with van der Waals surface area (Å²) in [5.41, 5.74) is 4.09. The normalized spacial score (nSPS) is 9.92. The highest BCUT2D eigenvalue weighted by atomic mass is 16.6. The van der Waals surface area contributed by atoms with E-state index in [0.29, 0.717) is 5.69 Å². The molecule has 0 saturated heterocycles. The SMILES string of the molecule is CONc1cc(C(C)=O)n(C)c1. The number of aryl methyl sites for hydroxylation is 1. The number of hydrogen-bond acceptors (Lipinski definition) is 3. The number of carbonyl (C=O) groups is 1. The summed E-state index contributed by atoms with van der Waals surface area (Å²) in [6.45, 7) is 1.53. The first-order chi connectivity index (χ1) is 5.65. The molecule has 12 heavy (non-hydrogen) atoms. The van der Waals surface area contributed by atoms with Crippen molar-refractivity contribution in [2.75, 3.05) is 12.6 Å². The van der Waals surface area contributed by atoms with Gasteiger partial charge in [0.05, 0.1) is 18.5 Å². The first kappa shape index (κ1) is 8.80. The average molecular weight is 168 g/mol. The number of Topliss-reactive ketones (excluding diaryl/α,β-unsaturated/α-hetero) is 1. The largest absolute Gasteiger partial charge is 0.346 e. The van der Waals surface area contributed by atoms with Gasteiger partial charge in [-0.2, -0.15) is 0 Å². The second-order valence-electron chi connectivity index (χ2n) is 2.59. The second-order valence-corrected chi connectivity index (χ2v) is 2.59. The van der Waals surface area contributed by atoms with Crippen molar-refractivity contribution in [3.63, 3.8) is 0 Å². The second kappa shape index (κ2) is 3.40. The third-order valence-corrected chi connectivity index (χ3v) is 1.59. The van der Waals surface area contributed by atoms with Crippen LogP contribution in [0.5, 0.6) is 0 Å². The summed E-state index contributed by atoms with van der Waals surface area (Å²) >= 11 is 0. The highest BCUT2D eigenvalue weighted by molar-refractivity contribution is 5.93. The standard InChI is InChI=1S/C8H12N2O2/c1-6(11)8-4-7(9-12-3)5-10(8)2/h4-5,9H,1-3H3. The van der Waals surface area contributed by atoms with Crippen LogP contribution >= 0.6 is 0 Å². The number of anilines is 1. The Kier molecular flexibility index (Phi) is 2.50. The van der Waals surface area contributed by atoms with Gasteiger partial charge in [0.25, 0.3) is 0 Å². The van der Waals surface area contributed by atoms with E-state index < -0.39 is 0 Å². The van der Waals surface area contributed by atoms with E-state index in [-0.39, 0.29) is 5.78 Å². The summed E-state index contributed by atoms with van der Waals surface area (Å²) in [7, 11) is 3.35. The lowest BCUT2D eigenvalue weighted by molar-refractivity contribution is 0.101. The zero-order chi connectivity index (χ0) is 9.14. The monoisotopic (exact) mass is 168 g/mol. The van der Waals surface area contributed by atoms with Crippen LogP contribution < -0.4 is 5.48 Å². The Bertz CT molecular complexity index is 291. The van der Waals surface area contributed by atoms with Crippen LogP contribution in [0.15, 0.2) is 12.3 Å². The molecular weight excluding hydrogens is 156 g/mol. The molecule has 0 bridgehead atoms. The summed E-state index contributed by atoms with van der Waals surface area (Å²) in [4.78, 5) is 15.7. The molecule has 0 aliphatic rings. The van der Waals surface area contributed by atoms with Crippen molar-refractivity contribution in [3.05, 3.63) is 18.0 Å². The van der Waals surface area contributed by atoms with E-state index in [1.165, 1.54) is 14.0 Å². The maximum absolute atomic E-state index is 11.0. The Labute approximate surface area is 71.1 Å². The molecule has 1 aromatic heterocycles. The molecule has 0 aromatic carbocycles. The van der Waals surface area contributed by atoms with Gasteiger partial charge in [-0.05, 0) is 6.07 Å². The van der Waals surface area contributed by atoms with Gasteiger partial charge in [0, 0.05) is 20.2 Å². The highest BCUT2D eigenvalue weighted by Crippen LogP contribution is 2.12. The molecule has 4 nitrogen and oxygen atoms in total. The summed E-state index contributed by atoms with van der Waals surface area (Å²) in [6.07, 6.45) is 1.79. The molecule has 0 unspecified atom stereocenters. The van der Waals surface area contributed by atoms with Crippen LogP contribution in [0, 0.1) is 0 Å². The topological polar surface area (TPSA) is 43.3 Å². The Morgan fingerprint density at radius 2 is 2.33 bits per heavy atom. The van der Waals surface area contributed by atoms with E-state index in [1.54, 1.807) is 16.8 Å². The van der Waals surface area contributed by atoms with Crippen LogP contribution in [0.1, 0.15) is 17.4 Å². The maximum Gasteiger partial charge on any atom is 0.176 e. The zero-order valence-electron chi connectivity index (χ0n) is 7.42. The summed E-state index contributed by atoms with van der Waals surface area (Å²) in [5, 5.41) is 0. The van der Waals surface area contributed by atoms with E-state index in [9.17, 15) is 4.79 Å². The van der Waals surface area contributed by atoms with E-state index in [4.69, 9.17) is 4.84 Å². The Balaban J connectivity index is 2.92. The number of nitrogens with zero attached hydrogens (tertiary/aromatic N) is 1. The van der Waals surface area contributed by atoms with Gasteiger partial charge in [0.2, 0.25) is 0 Å². The molecule has 0 fully saturated rings. The molecular formula is C8H12N2O2. The van der Waals surface area contributed by atoms with Crippen molar-refractivity contribution in [3.8, 4) is 0 Å². The molecule has 1 N–H and O–H groups in total. The van der Waals surface area contributed by atoms with Crippen molar-refractivity contribution in [2.24, 2.45) is 7.05 Å². The average Bonchev–Trinajstić information content (AvgIpc) is 2.32. The van der Waals surface area contributed by atoms with Crippen molar-refractivity contribution in [1.82, 2.24) is 4.57 Å². The first-order valence-electron chi connectivity index (χ1n) is 3.61. The Morgan fingerprint density at radius 3 is 2.75 bits per heavy atom. The summed E-state index contributed by atoms with van der Waals surface area (Å²) < 4.78 is 1.75. The number of rotatable bonds is 3. The van der Waals surface area contributed by atoms with Crippen molar-refractivity contribution in [2.45, 2.75) is 6.92 Å². The molecule has 1 heterocycles. The molecule has 0 atom stereocenters. The highest BCUT2D eigenvalue weighted by Gasteiger charge is 2.05. The van der Waals surface area contributed by atoms with E-state index in [2.05, 4.69) is 5.48 Å². The van der Waals surface area contributed by atoms with Crippen LogP contribution in [-0.2, 0) is 11.9 Å². The number of nitrogens with one attached hydrogen (secondary N) is 1. The zero-order valence-corrected chi connectivity index (χ0v) is 7.42. The molecule has 66 valence electrons. The van der Waals surface area contributed by atoms with E-state index in [1.807, 2.05) is 7.05 Å². The van der Waals surface area contributed by atoms with Gasteiger partial charge < -0.3 is 4.57 Å². The Morgan fingerprint density at radius 1 is 1.67 bits per heavy atom. The molecule has 0 saturated carbocycles. The van der Waals surface area contributed by atoms with E-state index >= 15 is 0 Å². The number of carbonyl (C=O) groups excluding carboxylic acids is 1. The van der Waals surface area contributed by atoms with Gasteiger partial charge >= 0.3 is 0 Å². The molecule has 0 spiro atoms. The van der Waals surface area contributed by atoms with Gasteiger partial charge in [-0.1, -0.05) is 0 Å². The van der Waals surface area contributed by atoms with Crippen molar-refractivity contribution >= 4 is 11.5 Å². The molecule has 0 aliphatic heterocycles. The molecule has 0 aliphatic carbocycles. The number of hydrogen-bond donors (Lipinski definition) is 1. The minimum absolute atomic E-state index is 0.0432. The lowest BCUT2D eigenvalue weighted by Gasteiger charge is -1.95. The van der Waals surface area contributed by atoms with Crippen molar-refractivity contribution < 1.29 is 9.63 Å². The number of ketones is 1. The molecule has 4 heteroatoms. The van der Waals surface area contributed by atoms with Gasteiger partial charge in [0.15, 0.2) is 5.78 Å². The minimum atomic E-state index is 0.0432. The molecule has 0 radical (unpaired) electrons. The predicted molar refractivity (Wildman–Crippen MR) is 46.0 cm³/mol. The van der Waals surface area contributed by atoms with Crippen molar-refractivity contribution in [1.29, 1.82) is 0 Å². The third-order valence-electron chi connectivity index (χ3n) is 1.59. The van der Waals surface area contributed by atoms with Gasteiger partial charge in [-0.15, -0.1) is 0 Å². The molecule has 1 rings (SSSR count). The molecule has 1 aromatic rings. The number of aromatic nitrogens is 1. The van der Waals surface area contributed by atoms with Crippen LogP contribution in [0.3, 0.4) is 0 Å². The predicted octanol–water partition coefficient (Wildman–Crippen LogP) is 1.20. The van der Waals surface area contributed by atoms with E-state index in [0.717, 1.165) is 5.69 Å². The fourth-order valence-electron chi connectivity index (χ4n) is 1.09. The van der Waals surface area contributed by atoms with Crippen LogP contribution in [0.4, 0.5) is 5.69 Å². The maximum atomic E-state index is 11.0.